The van der Waals surface area contributed by atoms with E-state index in [-0.39, 0.29) is 61.8 Å². The van der Waals surface area contributed by atoms with E-state index < -0.39 is 35.8 Å². The van der Waals surface area contributed by atoms with Gasteiger partial charge in [0.1, 0.15) is 0 Å². The molecule has 1 aromatic heterocycles. The number of H-pyrrole nitrogens is 1. The highest BCUT2D eigenvalue weighted by atomic mass is 16.3. The molecule has 5 atom stereocenters. The molecule has 2 amide bonds. The van der Waals surface area contributed by atoms with Crippen LogP contribution in [-0.4, -0.2) is 69.2 Å². The van der Waals surface area contributed by atoms with Gasteiger partial charge in [-0.1, -0.05) is 33.1 Å². The Balaban J connectivity index is 2.11. The highest BCUT2D eigenvalue weighted by Crippen LogP contribution is 2.26. The number of aliphatic hydroxyl groups is 1. The van der Waals surface area contributed by atoms with Crippen molar-refractivity contribution in [3.63, 3.8) is 0 Å². The number of aliphatic hydroxyl groups excluding tert-OH is 1. The van der Waals surface area contributed by atoms with Crippen LogP contribution in [0.4, 0.5) is 0 Å². The summed E-state index contributed by atoms with van der Waals surface area (Å²) in [4.78, 5) is 58.8. The summed E-state index contributed by atoms with van der Waals surface area (Å²) in [6, 6.07) is -2.02. The largest absolute Gasteiger partial charge is 0.393 e. The lowest BCUT2D eigenvalue weighted by Gasteiger charge is -2.28. The lowest BCUT2D eigenvalue weighted by Crippen LogP contribution is -2.50. The van der Waals surface area contributed by atoms with E-state index in [1.807, 2.05) is 0 Å². The van der Waals surface area contributed by atoms with Gasteiger partial charge in [0.2, 0.25) is 11.8 Å². The van der Waals surface area contributed by atoms with Crippen LogP contribution in [0.3, 0.4) is 0 Å². The summed E-state index contributed by atoms with van der Waals surface area (Å²) >= 11 is 0. The van der Waals surface area contributed by atoms with Crippen LogP contribution >= 0.6 is 0 Å². The molecule has 0 spiro atoms. The van der Waals surface area contributed by atoms with Crippen LogP contribution in [-0.2, 0) is 25.6 Å². The second-order valence-corrected chi connectivity index (χ2v) is 10.9. The number of ketones is 2. The number of aromatic nitrogens is 2. The number of carbonyl (C=O) groups is 4. The first-order chi connectivity index (χ1) is 18.0. The van der Waals surface area contributed by atoms with E-state index >= 15 is 0 Å². The number of aromatic amines is 1. The number of carbonyl (C=O) groups excluding carboxylic acids is 4. The summed E-state index contributed by atoms with van der Waals surface area (Å²) in [5.74, 6) is -2.64. The topological polar surface area (TPSA) is 193 Å². The van der Waals surface area contributed by atoms with Crippen molar-refractivity contribution >= 4 is 23.4 Å². The van der Waals surface area contributed by atoms with E-state index in [0.717, 1.165) is 25.7 Å². The number of hydrogen-bond acceptors (Lipinski definition) is 8. The Kier molecular flexibility index (Phi) is 13.1. The minimum absolute atomic E-state index is 0.107. The summed E-state index contributed by atoms with van der Waals surface area (Å²) in [7, 11) is 0. The average Bonchev–Trinajstić information content (AvgIpc) is 3.39. The molecule has 2 rings (SSSR count). The molecule has 0 saturated heterocycles. The maximum absolute atomic E-state index is 13.4. The van der Waals surface area contributed by atoms with Crippen molar-refractivity contribution in [2.24, 2.45) is 29.2 Å². The first-order valence-electron chi connectivity index (χ1n) is 13.8. The second-order valence-electron chi connectivity index (χ2n) is 10.9. The van der Waals surface area contributed by atoms with Gasteiger partial charge in [-0.15, -0.1) is 0 Å². The van der Waals surface area contributed by atoms with Crippen molar-refractivity contribution in [2.45, 2.75) is 103 Å². The number of nitrogens with zero attached hydrogens (tertiary/aromatic N) is 1. The third kappa shape index (κ3) is 9.92. The van der Waals surface area contributed by atoms with E-state index in [9.17, 15) is 24.3 Å². The predicted molar refractivity (Wildman–Crippen MR) is 144 cm³/mol. The summed E-state index contributed by atoms with van der Waals surface area (Å²) in [5, 5.41) is 15.8. The molecule has 11 heteroatoms. The first kappa shape index (κ1) is 31.6. The average molecular weight is 535 g/mol. The molecular formula is C27H46N6O5. The Hall–Kier alpha value is -2.63. The fourth-order valence-electron chi connectivity index (χ4n) is 5.03. The SMILES string of the molecule is CC(C)C(=O)[C@H](CCN)NC(=O)[C@@H](CC(=O)[C@H](Cc1cnc[nH]1)NC(=O)CC(N)C1CCCCC1)C(C)O. The van der Waals surface area contributed by atoms with Crippen molar-refractivity contribution in [1.82, 2.24) is 20.6 Å². The molecule has 1 saturated carbocycles. The van der Waals surface area contributed by atoms with Crippen molar-refractivity contribution in [1.29, 1.82) is 0 Å². The van der Waals surface area contributed by atoms with Crippen molar-refractivity contribution in [3.8, 4) is 0 Å². The smallest absolute Gasteiger partial charge is 0.226 e. The fourth-order valence-corrected chi connectivity index (χ4v) is 5.03. The van der Waals surface area contributed by atoms with Gasteiger partial charge in [-0.3, -0.25) is 19.2 Å². The summed E-state index contributed by atoms with van der Waals surface area (Å²) in [6.07, 6.45) is 7.49. The summed E-state index contributed by atoms with van der Waals surface area (Å²) in [6.45, 7) is 5.08. The summed E-state index contributed by atoms with van der Waals surface area (Å²) < 4.78 is 0. The number of rotatable bonds is 16. The zero-order valence-electron chi connectivity index (χ0n) is 22.9. The zero-order valence-corrected chi connectivity index (χ0v) is 22.9. The Morgan fingerprint density at radius 1 is 1.08 bits per heavy atom. The lowest BCUT2D eigenvalue weighted by atomic mass is 9.83. The third-order valence-electron chi connectivity index (χ3n) is 7.40. The Labute approximate surface area is 225 Å². The van der Waals surface area contributed by atoms with E-state index in [1.165, 1.54) is 19.7 Å². The number of nitrogens with one attached hydrogen (secondary N) is 3. The Bertz CT molecular complexity index is 898. The molecule has 1 heterocycles. The van der Waals surface area contributed by atoms with Gasteiger partial charge >= 0.3 is 0 Å². The van der Waals surface area contributed by atoms with E-state index in [0.29, 0.717) is 5.69 Å². The summed E-state index contributed by atoms with van der Waals surface area (Å²) in [5.41, 5.74) is 12.6. The van der Waals surface area contributed by atoms with Crippen molar-refractivity contribution < 1.29 is 24.3 Å². The number of hydrogen-bond donors (Lipinski definition) is 6. The van der Waals surface area contributed by atoms with Gasteiger partial charge in [-0.05, 0) is 38.6 Å². The van der Waals surface area contributed by atoms with Crippen LogP contribution in [0.25, 0.3) is 0 Å². The normalized spacial score (nSPS) is 18.3. The molecule has 8 N–H and O–H groups in total. The van der Waals surface area contributed by atoms with Gasteiger partial charge in [-0.25, -0.2) is 4.98 Å². The standard InChI is InChI=1S/C27H46N6O5/c1-16(2)26(37)22(9-10-28)33-27(38)20(17(3)34)12-24(35)23(11-19-14-30-15-31-19)32-25(36)13-21(29)18-7-5-4-6-8-18/h14-18,20-23,34H,4-13,28-29H2,1-3H3,(H,30,31)(H,32,36)(H,33,38)/t17?,20-,21?,22-,23-/m0/s1. The van der Waals surface area contributed by atoms with Gasteiger partial charge < -0.3 is 32.2 Å². The quantitative estimate of drug-likeness (QED) is 0.179. The fraction of sp³-hybridized carbons (Fsp3) is 0.741. The van der Waals surface area contributed by atoms with E-state index in [4.69, 9.17) is 11.5 Å². The molecule has 2 unspecified atom stereocenters. The van der Waals surface area contributed by atoms with Gasteiger partial charge in [0.05, 0.1) is 30.4 Å². The maximum atomic E-state index is 13.4. The molecule has 1 aliphatic rings. The van der Waals surface area contributed by atoms with Crippen LogP contribution in [0.2, 0.25) is 0 Å². The lowest BCUT2D eigenvalue weighted by molar-refractivity contribution is -0.137. The molecule has 0 radical (unpaired) electrons. The minimum atomic E-state index is -1.16. The molecular weight excluding hydrogens is 488 g/mol. The minimum Gasteiger partial charge on any atom is -0.393 e. The van der Waals surface area contributed by atoms with Gasteiger partial charge in [0.15, 0.2) is 11.6 Å². The van der Waals surface area contributed by atoms with Crippen LogP contribution in [0, 0.1) is 17.8 Å². The van der Waals surface area contributed by atoms with Crippen molar-refractivity contribution in [2.75, 3.05) is 6.54 Å². The molecule has 0 bridgehead atoms. The van der Waals surface area contributed by atoms with Crippen molar-refractivity contribution in [3.05, 3.63) is 18.2 Å². The molecule has 0 aliphatic heterocycles. The molecule has 38 heavy (non-hydrogen) atoms. The zero-order chi connectivity index (χ0) is 28.2. The maximum Gasteiger partial charge on any atom is 0.226 e. The van der Waals surface area contributed by atoms with Crippen LogP contribution in [0.1, 0.15) is 77.8 Å². The number of nitrogens with two attached hydrogens (primary N) is 2. The van der Waals surface area contributed by atoms with Gasteiger partial charge in [0, 0.05) is 43.1 Å². The molecule has 11 nitrogen and oxygen atoms in total. The van der Waals surface area contributed by atoms with E-state index in [1.54, 1.807) is 20.0 Å². The molecule has 214 valence electrons. The van der Waals surface area contributed by atoms with Gasteiger partial charge in [0.25, 0.3) is 0 Å². The van der Waals surface area contributed by atoms with Gasteiger partial charge in [-0.2, -0.15) is 0 Å². The number of imidazole rings is 1. The molecule has 1 aliphatic carbocycles. The molecule has 1 fully saturated rings. The first-order valence-corrected chi connectivity index (χ1v) is 13.8. The Morgan fingerprint density at radius 3 is 2.32 bits per heavy atom. The second kappa shape index (κ2) is 15.7. The number of Topliss-reactive ketones (excluding diaryl/α,β-unsaturated/α-hetero) is 2. The monoisotopic (exact) mass is 534 g/mol. The van der Waals surface area contributed by atoms with Crippen LogP contribution < -0.4 is 22.1 Å². The van der Waals surface area contributed by atoms with Crippen LogP contribution in [0.5, 0.6) is 0 Å². The highest BCUT2D eigenvalue weighted by Gasteiger charge is 2.34. The van der Waals surface area contributed by atoms with Crippen LogP contribution in [0.15, 0.2) is 12.5 Å². The third-order valence-corrected chi connectivity index (χ3v) is 7.40. The van der Waals surface area contributed by atoms with E-state index in [2.05, 4.69) is 20.6 Å². The Morgan fingerprint density at radius 2 is 1.76 bits per heavy atom. The predicted octanol–water partition coefficient (Wildman–Crippen LogP) is 0.750. The number of amides is 2. The highest BCUT2D eigenvalue weighted by molar-refractivity contribution is 5.95. The molecule has 1 aromatic rings. The molecule has 0 aromatic carbocycles.